The van der Waals surface area contributed by atoms with Gasteiger partial charge < -0.3 is 0 Å². The van der Waals surface area contributed by atoms with Gasteiger partial charge in [0, 0.05) is 9.84 Å². The van der Waals surface area contributed by atoms with E-state index in [1.165, 1.54) is 33.4 Å². The minimum Gasteiger partial charge on any atom is -0.0990 e. The summed E-state index contributed by atoms with van der Waals surface area (Å²) >= 11 is 2.42. The van der Waals surface area contributed by atoms with E-state index in [0.717, 1.165) is 4.43 Å². The van der Waals surface area contributed by atoms with Crippen LogP contribution in [0, 0.1) is 0 Å². The lowest BCUT2D eigenvalue weighted by molar-refractivity contribution is 0.660. The Kier molecular flexibility index (Phi) is 4.58. The van der Waals surface area contributed by atoms with Crippen molar-refractivity contribution >= 4 is 28.2 Å². The predicted molar refractivity (Wildman–Crippen MR) is 110 cm³/mol. The molecule has 0 radical (unpaired) electrons. The van der Waals surface area contributed by atoms with Gasteiger partial charge in [0.15, 0.2) is 0 Å². The quantitative estimate of drug-likeness (QED) is 0.395. The van der Waals surface area contributed by atoms with Crippen LogP contribution in [0.1, 0.15) is 25.0 Å². The van der Waals surface area contributed by atoms with Crippen molar-refractivity contribution in [2.75, 3.05) is 4.43 Å². The van der Waals surface area contributed by atoms with E-state index in [1.54, 1.807) is 0 Å². The first-order valence-corrected chi connectivity index (χ1v) is 9.42. The zero-order valence-electron chi connectivity index (χ0n) is 13.6. The Hall–Kier alpha value is -1.61. The van der Waals surface area contributed by atoms with Crippen molar-refractivity contribution in [3.8, 4) is 11.1 Å². The van der Waals surface area contributed by atoms with E-state index in [9.17, 15) is 0 Å². The Bertz CT molecular complexity index is 792. The molecule has 0 aliphatic heterocycles. The summed E-state index contributed by atoms with van der Waals surface area (Å²) in [6.07, 6.45) is 6.39. The number of allylic oxidation sites excluding steroid dienone is 5. The maximum Gasteiger partial charge on any atom is 0.0182 e. The number of halogens is 1. The van der Waals surface area contributed by atoms with E-state index in [2.05, 4.69) is 104 Å². The summed E-state index contributed by atoms with van der Waals surface area (Å²) in [4.78, 5) is 0. The lowest BCUT2D eigenvalue weighted by Gasteiger charge is -2.22. The molecular weight excluding hydrogens is 391 g/mol. The second-order valence-corrected chi connectivity index (χ2v) is 7.22. The molecule has 0 aromatic heterocycles. The number of rotatable bonds is 3. The van der Waals surface area contributed by atoms with E-state index in [4.69, 9.17) is 0 Å². The van der Waals surface area contributed by atoms with Crippen LogP contribution in [-0.4, -0.2) is 4.43 Å². The van der Waals surface area contributed by atoms with Crippen LogP contribution in [0.4, 0.5) is 0 Å². The number of benzene rings is 2. The molecule has 1 heteroatoms. The zero-order valence-corrected chi connectivity index (χ0v) is 15.8. The third-order valence-electron chi connectivity index (χ3n) is 4.62. The highest BCUT2D eigenvalue weighted by molar-refractivity contribution is 14.1. The molecule has 3 rings (SSSR count). The molecule has 2 aromatic carbocycles. The molecule has 0 bridgehead atoms. The van der Waals surface area contributed by atoms with Crippen LogP contribution in [0.25, 0.3) is 16.7 Å². The van der Waals surface area contributed by atoms with Crippen LogP contribution in [0.3, 0.4) is 0 Å². The Morgan fingerprint density at radius 2 is 1.78 bits per heavy atom. The molecule has 0 amide bonds. The van der Waals surface area contributed by atoms with Crippen molar-refractivity contribution in [2.24, 2.45) is 0 Å². The molecule has 2 aromatic rings. The Labute approximate surface area is 152 Å². The van der Waals surface area contributed by atoms with Gasteiger partial charge in [-0.25, -0.2) is 0 Å². The monoisotopic (exact) mass is 412 g/mol. The van der Waals surface area contributed by atoms with Crippen molar-refractivity contribution in [1.82, 2.24) is 0 Å². The summed E-state index contributed by atoms with van der Waals surface area (Å²) < 4.78 is 1.02. The molecule has 0 heterocycles. The molecular formula is C22H21I. The molecule has 116 valence electrons. The normalized spacial score (nSPS) is 19.1. The molecule has 23 heavy (non-hydrogen) atoms. The van der Waals surface area contributed by atoms with E-state index >= 15 is 0 Å². The second-order valence-electron chi connectivity index (χ2n) is 6.34. The van der Waals surface area contributed by atoms with Crippen LogP contribution in [0.15, 0.2) is 78.9 Å². The fourth-order valence-corrected chi connectivity index (χ4v) is 3.91. The van der Waals surface area contributed by atoms with Gasteiger partial charge in [0.1, 0.15) is 0 Å². The number of hydrogen-bond donors (Lipinski definition) is 0. The molecule has 0 nitrogen and oxygen atoms in total. The molecule has 0 unspecified atom stereocenters. The van der Waals surface area contributed by atoms with Crippen molar-refractivity contribution in [1.29, 1.82) is 0 Å². The largest absolute Gasteiger partial charge is 0.0990 e. The second kappa shape index (κ2) is 6.48. The molecule has 0 saturated heterocycles. The van der Waals surface area contributed by atoms with Gasteiger partial charge in [-0.3, -0.25) is 0 Å². The first-order chi connectivity index (χ1) is 11.1. The van der Waals surface area contributed by atoms with Crippen molar-refractivity contribution in [2.45, 2.75) is 19.3 Å². The van der Waals surface area contributed by atoms with E-state index < -0.39 is 0 Å². The minimum absolute atomic E-state index is 0.0279. The average Bonchev–Trinajstić information content (AvgIpc) is 2.77. The van der Waals surface area contributed by atoms with Gasteiger partial charge in [0.2, 0.25) is 0 Å². The fraction of sp³-hybridized carbons (Fsp3) is 0.182. The molecule has 0 spiro atoms. The Morgan fingerprint density at radius 3 is 2.43 bits per heavy atom. The van der Waals surface area contributed by atoms with Crippen LogP contribution < -0.4 is 0 Å². The van der Waals surface area contributed by atoms with Gasteiger partial charge in [-0.1, -0.05) is 104 Å². The first-order valence-electron chi connectivity index (χ1n) is 7.89. The highest BCUT2D eigenvalue weighted by Crippen LogP contribution is 2.50. The summed E-state index contributed by atoms with van der Waals surface area (Å²) in [5.74, 6) is 0. The van der Waals surface area contributed by atoms with Gasteiger partial charge in [-0.05, 0) is 39.5 Å². The molecule has 1 aliphatic carbocycles. The third-order valence-corrected chi connectivity index (χ3v) is 5.06. The zero-order chi connectivity index (χ0) is 16.4. The molecule has 0 fully saturated rings. The lowest BCUT2D eigenvalue weighted by Crippen LogP contribution is -2.15. The topological polar surface area (TPSA) is 0 Å². The van der Waals surface area contributed by atoms with Crippen molar-refractivity contribution in [3.05, 3.63) is 90.0 Å². The predicted octanol–water partition coefficient (Wildman–Crippen LogP) is 6.58. The van der Waals surface area contributed by atoms with Gasteiger partial charge in [0.25, 0.3) is 0 Å². The maximum atomic E-state index is 3.90. The van der Waals surface area contributed by atoms with Gasteiger partial charge in [0.05, 0.1) is 0 Å². The summed E-state index contributed by atoms with van der Waals surface area (Å²) in [7, 11) is 0. The lowest BCUT2D eigenvalue weighted by atomic mass is 9.81. The van der Waals surface area contributed by atoms with Gasteiger partial charge >= 0.3 is 0 Å². The SMILES string of the molecule is C=C/C=C1\C(=C/CI)C(C)(C)c2cc(-c3ccccc3)ccc21. The summed E-state index contributed by atoms with van der Waals surface area (Å²) in [5, 5.41) is 0. The summed E-state index contributed by atoms with van der Waals surface area (Å²) in [6.45, 7) is 8.54. The highest BCUT2D eigenvalue weighted by atomic mass is 127. The number of alkyl halides is 1. The van der Waals surface area contributed by atoms with E-state index in [-0.39, 0.29) is 5.41 Å². The van der Waals surface area contributed by atoms with Gasteiger partial charge in [-0.15, -0.1) is 0 Å². The van der Waals surface area contributed by atoms with Crippen molar-refractivity contribution < 1.29 is 0 Å². The van der Waals surface area contributed by atoms with E-state index in [1.807, 2.05) is 6.08 Å². The van der Waals surface area contributed by atoms with Crippen LogP contribution in [0.5, 0.6) is 0 Å². The minimum atomic E-state index is 0.0279. The standard InChI is InChI=1S/C22H21I/c1-4-8-18-19-12-11-17(16-9-6-5-7-10-16)15-21(19)22(2,3)20(18)13-14-23/h4-13,15H,1,14H2,2-3H3/b18-8-,20-13+. The van der Waals surface area contributed by atoms with Gasteiger partial charge in [-0.2, -0.15) is 0 Å². The molecule has 0 atom stereocenters. The molecule has 0 N–H and O–H groups in total. The number of hydrogen-bond acceptors (Lipinski definition) is 0. The van der Waals surface area contributed by atoms with E-state index in [0.29, 0.717) is 0 Å². The Balaban J connectivity index is 2.21. The summed E-state index contributed by atoms with van der Waals surface area (Å²) in [6, 6.07) is 17.5. The molecule has 0 saturated carbocycles. The first kappa shape index (κ1) is 16.3. The fourth-order valence-electron chi connectivity index (χ4n) is 3.47. The highest BCUT2D eigenvalue weighted by Gasteiger charge is 2.37. The van der Waals surface area contributed by atoms with Crippen molar-refractivity contribution in [3.63, 3.8) is 0 Å². The van der Waals surface area contributed by atoms with Crippen LogP contribution in [-0.2, 0) is 5.41 Å². The van der Waals surface area contributed by atoms with Crippen LogP contribution >= 0.6 is 22.6 Å². The maximum absolute atomic E-state index is 3.90. The molecule has 1 aliphatic rings. The Morgan fingerprint density at radius 1 is 1.04 bits per heavy atom. The smallest absolute Gasteiger partial charge is 0.0182 e. The average molecular weight is 412 g/mol. The third kappa shape index (κ3) is 2.83. The van der Waals surface area contributed by atoms with Crippen LogP contribution in [0.2, 0.25) is 0 Å². The number of fused-ring (bicyclic) bond motifs is 1. The summed E-state index contributed by atoms with van der Waals surface area (Å²) in [5.41, 5.74) is 8.05.